The topological polar surface area (TPSA) is 9.23 Å². The monoisotopic (exact) mass is 502 g/mol. The molecule has 0 rings (SSSR count). The summed E-state index contributed by atoms with van der Waals surface area (Å²) < 4.78 is 228. The summed E-state index contributed by atoms with van der Waals surface area (Å²) in [6.07, 6.45) is -22.1. The molecule has 0 unspecified atom stereocenters. The number of hydrogen-bond acceptors (Lipinski definition) is 1. The maximum Gasteiger partial charge on any atom is 0.417 e. The second kappa shape index (κ2) is 9.03. The zero-order valence-corrected chi connectivity index (χ0v) is 13.2. The molecule has 31 heavy (non-hydrogen) atoms. The van der Waals surface area contributed by atoms with Crippen LogP contribution >= 0.6 is 0 Å². The van der Waals surface area contributed by atoms with Gasteiger partial charge in [-0.15, -0.1) is 0 Å². The smallest absolute Gasteiger partial charge is 0.243 e. The van der Waals surface area contributed by atoms with Crippen LogP contribution in [0.4, 0.5) is 79.0 Å². The molecule has 0 saturated heterocycles. The first-order chi connectivity index (χ1) is 13.5. The third-order valence-corrected chi connectivity index (χ3v) is 2.59. The molecule has 0 radical (unpaired) electrons. The zero-order valence-electron chi connectivity index (χ0n) is 13.2. The first-order valence-electron chi connectivity index (χ1n) is 6.31. The summed E-state index contributed by atoms with van der Waals surface area (Å²) >= 11 is 0. The first kappa shape index (κ1) is 28.7. The van der Waals surface area contributed by atoms with Gasteiger partial charge in [-0.25, -0.2) is 13.5 Å². The summed E-state index contributed by atoms with van der Waals surface area (Å²) in [5.41, 5.74) is 0. The summed E-state index contributed by atoms with van der Waals surface area (Å²) in [6, 6.07) is 0. The predicted octanol–water partition coefficient (Wildman–Crippen LogP) is 7.92. The van der Waals surface area contributed by atoms with Crippen LogP contribution in [0.15, 0.2) is 47.1 Å². The molecule has 180 valence electrons. The Kier molecular flexibility index (Phi) is 8.35. The lowest BCUT2D eigenvalue weighted by Gasteiger charge is -2.23. The van der Waals surface area contributed by atoms with Crippen LogP contribution in [0, 0.1) is 0 Å². The minimum Gasteiger partial charge on any atom is -0.243 e. The van der Waals surface area contributed by atoms with Crippen LogP contribution in [0.1, 0.15) is 0 Å². The lowest BCUT2D eigenvalue weighted by Crippen LogP contribution is -2.37. The molecule has 0 fully saturated rings. The van der Waals surface area contributed by atoms with Gasteiger partial charge in [-0.3, -0.25) is 0 Å². The first-order valence-corrected chi connectivity index (χ1v) is 6.31. The van der Waals surface area contributed by atoms with Gasteiger partial charge in [0.05, 0.1) is 0 Å². The molecule has 0 bridgehead atoms. The van der Waals surface area contributed by atoms with Gasteiger partial charge in [0.15, 0.2) is 0 Å². The summed E-state index contributed by atoms with van der Waals surface area (Å²) in [5.74, 6) is -40.1. The molecule has 0 aromatic carbocycles. The second-order valence-electron chi connectivity index (χ2n) is 4.69. The Morgan fingerprint density at radius 1 is 0.355 bits per heavy atom. The van der Waals surface area contributed by atoms with Crippen molar-refractivity contribution in [2.45, 2.75) is 24.1 Å². The quantitative estimate of drug-likeness (QED) is 0.307. The SMILES string of the molecule is FC(F)=C(F)C(F)(F)C(F)=C(F)C(F)(F)OC(F)(F)C(F)=C(F)C(F)(F)C(F)=C(F)F. The lowest BCUT2D eigenvalue weighted by molar-refractivity contribution is -0.355. The highest BCUT2D eigenvalue weighted by Crippen LogP contribution is 2.47. The minimum absolute atomic E-state index is 1.73. The van der Waals surface area contributed by atoms with E-state index in [0.29, 0.717) is 0 Å². The third kappa shape index (κ3) is 5.88. The molecule has 0 spiro atoms. The molecule has 0 aliphatic rings. The standard InChI is InChI=1S/C12F18O/c13-1(9(23,24)5(17)7(19)20)3(15)11(27,28)31-12(29,30)4(16)2(14)10(25,26)6(18)8(21)22. The van der Waals surface area contributed by atoms with E-state index >= 15 is 0 Å². The fourth-order valence-electron chi connectivity index (χ4n) is 1.21. The lowest BCUT2D eigenvalue weighted by atomic mass is 10.2. The summed E-state index contributed by atoms with van der Waals surface area (Å²) in [5, 5.41) is 0. The Balaban J connectivity index is 6.38. The highest BCUT2D eigenvalue weighted by atomic mass is 19.3. The van der Waals surface area contributed by atoms with E-state index < -0.39 is 71.2 Å². The number of alkyl halides is 8. The fourth-order valence-corrected chi connectivity index (χ4v) is 1.21. The molecule has 0 heterocycles. The molecule has 0 atom stereocenters. The predicted molar refractivity (Wildman–Crippen MR) is 60.1 cm³/mol. The van der Waals surface area contributed by atoms with E-state index in [-0.39, 0.29) is 0 Å². The normalized spacial score (nSPS) is 15.3. The van der Waals surface area contributed by atoms with E-state index in [2.05, 4.69) is 0 Å². The molecule has 0 N–H and O–H groups in total. The van der Waals surface area contributed by atoms with Crippen LogP contribution in [0.5, 0.6) is 0 Å². The maximum atomic E-state index is 13.0. The van der Waals surface area contributed by atoms with Crippen molar-refractivity contribution in [3.63, 3.8) is 0 Å². The number of halogens is 18. The van der Waals surface area contributed by atoms with Crippen LogP contribution in [0.2, 0.25) is 0 Å². The molecule has 0 aromatic heterocycles. The van der Waals surface area contributed by atoms with Crippen LogP contribution in [-0.2, 0) is 4.74 Å². The largest absolute Gasteiger partial charge is 0.417 e. The molecule has 0 saturated carbocycles. The van der Waals surface area contributed by atoms with Crippen LogP contribution in [0.25, 0.3) is 0 Å². The average Bonchev–Trinajstić information content (AvgIpc) is 2.62. The summed E-state index contributed by atoms with van der Waals surface area (Å²) in [7, 11) is 0. The minimum atomic E-state index is -6.95. The second-order valence-corrected chi connectivity index (χ2v) is 4.69. The number of ether oxygens (including phenoxy) is 1. The third-order valence-electron chi connectivity index (χ3n) is 2.59. The summed E-state index contributed by atoms with van der Waals surface area (Å²) in [4.78, 5) is 0. The number of allylic oxidation sites excluding steroid dienone is 4. The van der Waals surface area contributed by atoms with Gasteiger partial charge in [0.1, 0.15) is 0 Å². The Labute approximate surface area is 156 Å². The van der Waals surface area contributed by atoms with Gasteiger partial charge in [-0.05, 0) is 0 Å². The van der Waals surface area contributed by atoms with Crippen molar-refractivity contribution < 1.29 is 83.8 Å². The molecular formula is C12F18O. The van der Waals surface area contributed by atoms with Gasteiger partial charge in [-0.2, -0.15) is 70.2 Å². The highest BCUT2D eigenvalue weighted by molar-refractivity contribution is 5.26. The van der Waals surface area contributed by atoms with Gasteiger partial charge in [0, 0.05) is 0 Å². The van der Waals surface area contributed by atoms with E-state index in [1.165, 1.54) is 0 Å². The van der Waals surface area contributed by atoms with E-state index in [4.69, 9.17) is 0 Å². The van der Waals surface area contributed by atoms with Crippen LogP contribution in [-0.4, -0.2) is 24.1 Å². The van der Waals surface area contributed by atoms with Crippen molar-refractivity contribution in [3.8, 4) is 0 Å². The zero-order chi connectivity index (χ0) is 25.3. The molecule has 0 aromatic rings. The van der Waals surface area contributed by atoms with Crippen LogP contribution in [0.3, 0.4) is 0 Å². The Morgan fingerprint density at radius 3 is 0.774 bits per heavy atom. The van der Waals surface area contributed by atoms with Gasteiger partial charge in [0.25, 0.3) is 0 Å². The molecular weight excluding hydrogens is 502 g/mol. The fraction of sp³-hybridized carbons (Fsp3) is 0.333. The molecule has 1 nitrogen and oxygen atoms in total. The van der Waals surface area contributed by atoms with E-state index in [1.807, 2.05) is 0 Å². The van der Waals surface area contributed by atoms with E-state index in [0.717, 1.165) is 0 Å². The Hall–Kier alpha value is -2.34. The van der Waals surface area contributed by atoms with Crippen molar-refractivity contribution in [2.75, 3.05) is 0 Å². The Morgan fingerprint density at radius 2 is 0.581 bits per heavy atom. The molecule has 0 amide bonds. The van der Waals surface area contributed by atoms with Gasteiger partial charge in [0.2, 0.25) is 35.0 Å². The molecule has 0 aliphatic carbocycles. The van der Waals surface area contributed by atoms with Crippen molar-refractivity contribution in [2.24, 2.45) is 0 Å². The van der Waals surface area contributed by atoms with Crippen molar-refractivity contribution >= 4 is 0 Å². The van der Waals surface area contributed by atoms with Gasteiger partial charge < -0.3 is 0 Å². The van der Waals surface area contributed by atoms with Gasteiger partial charge in [-0.1, -0.05) is 0 Å². The van der Waals surface area contributed by atoms with Crippen LogP contribution < -0.4 is 0 Å². The average molecular weight is 502 g/mol. The van der Waals surface area contributed by atoms with Crippen molar-refractivity contribution in [1.82, 2.24) is 0 Å². The molecule has 0 aliphatic heterocycles. The van der Waals surface area contributed by atoms with Gasteiger partial charge >= 0.3 is 36.2 Å². The maximum absolute atomic E-state index is 13.0. The number of rotatable bonds is 8. The van der Waals surface area contributed by atoms with Crippen molar-refractivity contribution in [3.05, 3.63) is 47.1 Å². The van der Waals surface area contributed by atoms with E-state index in [1.54, 1.807) is 4.74 Å². The highest BCUT2D eigenvalue weighted by Gasteiger charge is 2.59. The molecule has 19 heteroatoms. The summed E-state index contributed by atoms with van der Waals surface area (Å²) in [6.45, 7) is 0. The van der Waals surface area contributed by atoms with E-state index in [9.17, 15) is 79.0 Å². The number of hydrogen-bond donors (Lipinski definition) is 0. The Bertz CT molecular complexity index is 754. The van der Waals surface area contributed by atoms with Crippen molar-refractivity contribution in [1.29, 1.82) is 0 Å².